The van der Waals surface area contributed by atoms with E-state index < -0.39 is 0 Å². The molecule has 0 atom stereocenters. The van der Waals surface area contributed by atoms with Crippen molar-refractivity contribution in [2.75, 3.05) is 5.32 Å². The molecule has 0 fully saturated rings. The van der Waals surface area contributed by atoms with Gasteiger partial charge >= 0.3 is 0 Å². The first-order valence-electron chi connectivity index (χ1n) is 9.11. The Bertz CT molecular complexity index is 1320. The van der Waals surface area contributed by atoms with Crippen LogP contribution in [0.5, 0.6) is 0 Å². The third-order valence-electron chi connectivity index (χ3n) is 5.07. The highest BCUT2D eigenvalue weighted by Gasteiger charge is 2.14. The number of nitrogens with zero attached hydrogens (tertiary/aromatic N) is 3. The van der Waals surface area contributed by atoms with Crippen LogP contribution in [0.3, 0.4) is 0 Å². The lowest BCUT2D eigenvalue weighted by atomic mass is 10.0. The topological polar surface area (TPSA) is 50.7 Å². The lowest BCUT2D eigenvalue weighted by molar-refractivity contribution is 1.23. The highest BCUT2D eigenvalue weighted by atomic mass is 32.1. The number of thiophene rings is 1. The molecule has 136 valence electrons. The second kappa shape index (κ2) is 6.69. The van der Waals surface area contributed by atoms with E-state index in [-0.39, 0.29) is 0 Å². The van der Waals surface area contributed by atoms with Crippen LogP contribution in [0, 0.1) is 13.8 Å². The summed E-state index contributed by atoms with van der Waals surface area (Å²) in [5.74, 6) is 0.803. The minimum absolute atomic E-state index is 0.803. The van der Waals surface area contributed by atoms with Gasteiger partial charge in [0.1, 0.15) is 17.0 Å². The Labute approximate surface area is 166 Å². The van der Waals surface area contributed by atoms with Crippen LogP contribution in [0.2, 0.25) is 0 Å². The molecule has 3 aromatic heterocycles. The molecule has 0 aliphatic carbocycles. The molecule has 5 aromatic rings. The number of hydrogen-bond acceptors (Lipinski definition) is 5. The highest BCUT2D eigenvalue weighted by Crippen LogP contribution is 2.38. The standard InChI is InChI=1S/C23H18N4S/c1-14-8-9-17(11-15(14)2)18-12-28-23-20(18)22(25-13-26-23)27-19-7-3-5-16-6-4-10-24-21(16)19/h3-13H,1-2H3,(H,25,26,27). The normalized spacial score (nSPS) is 11.2. The molecule has 0 unspecified atom stereocenters. The molecule has 0 amide bonds. The summed E-state index contributed by atoms with van der Waals surface area (Å²) < 4.78 is 0. The largest absolute Gasteiger partial charge is 0.338 e. The molecule has 28 heavy (non-hydrogen) atoms. The lowest BCUT2D eigenvalue weighted by Gasteiger charge is -2.11. The van der Waals surface area contributed by atoms with Gasteiger partial charge in [-0.2, -0.15) is 0 Å². The van der Waals surface area contributed by atoms with Crippen LogP contribution in [-0.4, -0.2) is 15.0 Å². The molecule has 4 nitrogen and oxygen atoms in total. The Kier molecular flexibility index (Phi) is 4.02. The van der Waals surface area contributed by atoms with Crippen LogP contribution >= 0.6 is 11.3 Å². The van der Waals surface area contributed by atoms with Gasteiger partial charge in [-0.1, -0.05) is 36.4 Å². The predicted molar refractivity (Wildman–Crippen MR) is 117 cm³/mol. The molecule has 3 heterocycles. The van der Waals surface area contributed by atoms with E-state index in [2.05, 4.69) is 69.8 Å². The molecule has 0 radical (unpaired) electrons. The number of rotatable bonds is 3. The first-order chi connectivity index (χ1) is 13.7. The number of pyridine rings is 1. The average molecular weight is 382 g/mol. The summed E-state index contributed by atoms with van der Waals surface area (Å²) >= 11 is 1.64. The zero-order valence-corrected chi connectivity index (χ0v) is 16.4. The van der Waals surface area contributed by atoms with E-state index in [1.54, 1.807) is 17.7 Å². The molecular weight excluding hydrogens is 364 g/mol. The minimum Gasteiger partial charge on any atom is -0.338 e. The number of fused-ring (bicyclic) bond motifs is 2. The highest BCUT2D eigenvalue weighted by molar-refractivity contribution is 7.17. The lowest BCUT2D eigenvalue weighted by Crippen LogP contribution is -1.97. The molecule has 0 bridgehead atoms. The monoisotopic (exact) mass is 382 g/mol. The van der Waals surface area contributed by atoms with Gasteiger partial charge in [0.2, 0.25) is 0 Å². The molecular formula is C23H18N4S. The van der Waals surface area contributed by atoms with E-state index in [1.807, 2.05) is 24.4 Å². The average Bonchev–Trinajstić information content (AvgIpc) is 3.16. The van der Waals surface area contributed by atoms with Crippen LogP contribution in [-0.2, 0) is 0 Å². The van der Waals surface area contributed by atoms with E-state index in [1.165, 1.54) is 16.7 Å². The molecule has 0 saturated carbocycles. The van der Waals surface area contributed by atoms with Gasteiger partial charge in [0.05, 0.1) is 16.6 Å². The molecule has 5 rings (SSSR count). The quantitative estimate of drug-likeness (QED) is 0.400. The maximum atomic E-state index is 4.56. The fourth-order valence-electron chi connectivity index (χ4n) is 3.42. The first kappa shape index (κ1) is 16.8. The van der Waals surface area contributed by atoms with E-state index in [0.717, 1.165) is 38.2 Å². The Morgan fingerprint density at radius 1 is 0.893 bits per heavy atom. The second-order valence-electron chi connectivity index (χ2n) is 6.86. The van der Waals surface area contributed by atoms with E-state index in [4.69, 9.17) is 0 Å². The number of para-hydroxylation sites is 1. The van der Waals surface area contributed by atoms with Crippen LogP contribution in [0.4, 0.5) is 11.5 Å². The smallest absolute Gasteiger partial charge is 0.143 e. The molecule has 0 spiro atoms. The predicted octanol–water partition coefficient (Wildman–Crippen LogP) is 6.27. The van der Waals surface area contributed by atoms with Crippen molar-refractivity contribution >= 4 is 44.0 Å². The van der Waals surface area contributed by atoms with Crippen molar-refractivity contribution < 1.29 is 0 Å². The van der Waals surface area contributed by atoms with E-state index >= 15 is 0 Å². The van der Waals surface area contributed by atoms with Gasteiger partial charge in [-0.15, -0.1) is 11.3 Å². The van der Waals surface area contributed by atoms with Gasteiger partial charge in [0, 0.05) is 22.5 Å². The summed E-state index contributed by atoms with van der Waals surface area (Å²) in [7, 11) is 0. The van der Waals surface area contributed by atoms with Crippen molar-refractivity contribution in [2.24, 2.45) is 0 Å². The van der Waals surface area contributed by atoms with Crippen molar-refractivity contribution in [3.8, 4) is 11.1 Å². The number of benzene rings is 2. The van der Waals surface area contributed by atoms with Gasteiger partial charge in [0.25, 0.3) is 0 Å². The molecule has 1 N–H and O–H groups in total. The molecule has 0 saturated heterocycles. The number of hydrogen-bond donors (Lipinski definition) is 1. The fraction of sp³-hybridized carbons (Fsp3) is 0.0870. The third kappa shape index (κ3) is 2.80. The first-order valence-corrected chi connectivity index (χ1v) is 9.99. The van der Waals surface area contributed by atoms with Crippen molar-refractivity contribution in [3.63, 3.8) is 0 Å². The Hall–Kier alpha value is -3.31. The summed E-state index contributed by atoms with van der Waals surface area (Å²) in [5, 5.41) is 7.81. The summed E-state index contributed by atoms with van der Waals surface area (Å²) in [4.78, 5) is 14.6. The molecule has 5 heteroatoms. The fourth-order valence-corrected chi connectivity index (χ4v) is 4.34. The number of aryl methyl sites for hydroxylation is 2. The van der Waals surface area contributed by atoms with Gasteiger partial charge in [0.15, 0.2) is 0 Å². The van der Waals surface area contributed by atoms with Crippen LogP contribution in [0.15, 0.2) is 66.4 Å². The van der Waals surface area contributed by atoms with Gasteiger partial charge in [-0.25, -0.2) is 9.97 Å². The van der Waals surface area contributed by atoms with Gasteiger partial charge < -0.3 is 5.32 Å². The van der Waals surface area contributed by atoms with Gasteiger partial charge in [-0.3, -0.25) is 4.98 Å². The third-order valence-corrected chi connectivity index (χ3v) is 5.96. The minimum atomic E-state index is 0.803. The van der Waals surface area contributed by atoms with Crippen molar-refractivity contribution in [1.29, 1.82) is 0 Å². The second-order valence-corrected chi connectivity index (χ2v) is 7.71. The maximum absolute atomic E-state index is 4.56. The summed E-state index contributed by atoms with van der Waals surface area (Å²) in [5.41, 5.74) is 6.78. The number of aromatic nitrogens is 3. The molecule has 2 aromatic carbocycles. The molecule has 0 aliphatic heterocycles. The Morgan fingerprint density at radius 2 is 1.79 bits per heavy atom. The zero-order chi connectivity index (χ0) is 19.1. The Balaban J connectivity index is 1.68. The summed E-state index contributed by atoms with van der Waals surface area (Å²) in [6.07, 6.45) is 3.43. The van der Waals surface area contributed by atoms with E-state index in [0.29, 0.717) is 0 Å². The van der Waals surface area contributed by atoms with Gasteiger partial charge in [-0.05, 0) is 42.7 Å². The number of nitrogens with one attached hydrogen (secondary N) is 1. The van der Waals surface area contributed by atoms with Crippen molar-refractivity contribution in [1.82, 2.24) is 15.0 Å². The van der Waals surface area contributed by atoms with Crippen molar-refractivity contribution in [2.45, 2.75) is 13.8 Å². The summed E-state index contributed by atoms with van der Waals surface area (Å²) in [6, 6.07) is 16.7. The molecule has 0 aliphatic rings. The Morgan fingerprint density at radius 3 is 2.68 bits per heavy atom. The van der Waals surface area contributed by atoms with Crippen molar-refractivity contribution in [3.05, 3.63) is 77.6 Å². The van der Waals surface area contributed by atoms with Crippen LogP contribution < -0.4 is 5.32 Å². The summed E-state index contributed by atoms with van der Waals surface area (Å²) in [6.45, 7) is 4.28. The SMILES string of the molecule is Cc1ccc(-c2csc3ncnc(Nc4cccc5cccnc45)c23)cc1C. The van der Waals surface area contributed by atoms with E-state index in [9.17, 15) is 0 Å². The zero-order valence-electron chi connectivity index (χ0n) is 15.6. The van der Waals surface area contributed by atoms with Crippen LogP contribution in [0.25, 0.3) is 32.2 Å². The van der Waals surface area contributed by atoms with Crippen LogP contribution in [0.1, 0.15) is 11.1 Å². The number of anilines is 2. The maximum Gasteiger partial charge on any atom is 0.143 e.